The van der Waals surface area contributed by atoms with Crippen LogP contribution in [0.2, 0.25) is 0 Å². The van der Waals surface area contributed by atoms with E-state index in [-0.39, 0.29) is 24.2 Å². The second-order valence-corrected chi connectivity index (χ2v) is 8.45. The maximum atomic E-state index is 12.8. The molecular formula is C26H30N4O2. The van der Waals surface area contributed by atoms with Gasteiger partial charge in [0.05, 0.1) is 12.2 Å². The molecule has 0 aliphatic carbocycles. The first-order valence-electron chi connectivity index (χ1n) is 11.3. The summed E-state index contributed by atoms with van der Waals surface area (Å²) in [5, 5.41) is 3.01. The molecule has 4 rings (SSSR count). The number of carbonyl (C=O) groups is 2. The van der Waals surface area contributed by atoms with Gasteiger partial charge in [-0.15, -0.1) is 0 Å². The zero-order valence-corrected chi connectivity index (χ0v) is 18.5. The lowest BCUT2D eigenvalue weighted by atomic mass is 10.1. The first kappa shape index (κ1) is 21.8. The number of hydrogen-bond acceptors (Lipinski definition) is 3. The van der Waals surface area contributed by atoms with Crippen LogP contribution in [-0.4, -0.2) is 27.9 Å². The van der Waals surface area contributed by atoms with Crippen LogP contribution in [0.25, 0.3) is 0 Å². The Bertz CT molecular complexity index is 1040. The molecule has 2 heterocycles. The summed E-state index contributed by atoms with van der Waals surface area (Å²) in [5.41, 5.74) is 4.35. The number of aryl methyl sites for hydroxylation is 1. The monoisotopic (exact) mass is 430 g/mol. The fourth-order valence-electron chi connectivity index (χ4n) is 4.12. The Morgan fingerprint density at radius 1 is 1.12 bits per heavy atom. The number of nitrogens with one attached hydrogen (secondary N) is 1. The molecule has 2 aromatic carbocycles. The molecule has 6 nitrogen and oxygen atoms in total. The molecule has 6 heteroatoms. The van der Waals surface area contributed by atoms with Gasteiger partial charge < -0.3 is 14.8 Å². The van der Waals surface area contributed by atoms with E-state index in [2.05, 4.69) is 41.5 Å². The number of hydrogen-bond donors (Lipinski definition) is 1. The Kier molecular flexibility index (Phi) is 7.00. The quantitative estimate of drug-likeness (QED) is 0.559. The second kappa shape index (κ2) is 10.3. The van der Waals surface area contributed by atoms with Crippen LogP contribution >= 0.6 is 0 Å². The maximum Gasteiger partial charge on any atom is 0.227 e. The number of rotatable bonds is 9. The fraction of sp³-hybridized carbons (Fsp3) is 0.346. The van der Waals surface area contributed by atoms with Crippen molar-refractivity contribution < 1.29 is 9.59 Å². The van der Waals surface area contributed by atoms with Crippen LogP contribution in [-0.2, 0) is 29.1 Å². The van der Waals surface area contributed by atoms with Crippen molar-refractivity contribution in [3.05, 3.63) is 83.9 Å². The Balaban J connectivity index is 1.31. The Morgan fingerprint density at radius 2 is 1.94 bits per heavy atom. The zero-order chi connectivity index (χ0) is 22.3. The van der Waals surface area contributed by atoms with Crippen molar-refractivity contribution in [2.75, 3.05) is 11.4 Å². The van der Waals surface area contributed by atoms with Crippen molar-refractivity contribution in [3.8, 4) is 0 Å². The highest BCUT2D eigenvalue weighted by Crippen LogP contribution is 2.26. The van der Waals surface area contributed by atoms with Crippen LogP contribution in [0.3, 0.4) is 0 Å². The summed E-state index contributed by atoms with van der Waals surface area (Å²) in [5.74, 6) is -0.384. The third-order valence-electron chi connectivity index (χ3n) is 5.95. The summed E-state index contributed by atoms with van der Waals surface area (Å²) in [6.07, 6.45) is 9.11. The highest BCUT2D eigenvalue weighted by Gasteiger charge is 2.34. The van der Waals surface area contributed by atoms with Gasteiger partial charge in [0.15, 0.2) is 0 Å². The minimum Gasteiger partial charge on any atom is -0.352 e. The van der Waals surface area contributed by atoms with Crippen LogP contribution in [0.1, 0.15) is 42.9 Å². The number of unbranched alkanes of at least 4 members (excludes halogenated alkanes) is 1. The van der Waals surface area contributed by atoms with E-state index < -0.39 is 0 Å². The molecule has 1 aliphatic heterocycles. The molecular weight excluding hydrogens is 400 g/mol. The third kappa shape index (κ3) is 5.44. The van der Waals surface area contributed by atoms with E-state index in [1.54, 1.807) is 17.4 Å². The van der Waals surface area contributed by atoms with Crippen LogP contribution in [0.5, 0.6) is 0 Å². The number of benzene rings is 2. The van der Waals surface area contributed by atoms with Crippen molar-refractivity contribution >= 4 is 17.5 Å². The Labute approximate surface area is 189 Å². The summed E-state index contributed by atoms with van der Waals surface area (Å²) in [7, 11) is 0. The summed E-state index contributed by atoms with van der Waals surface area (Å²) in [6, 6.07) is 16.3. The molecule has 2 amide bonds. The van der Waals surface area contributed by atoms with Gasteiger partial charge in [-0.25, -0.2) is 4.98 Å². The fourth-order valence-corrected chi connectivity index (χ4v) is 4.12. The predicted molar refractivity (Wildman–Crippen MR) is 125 cm³/mol. The summed E-state index contributed by atoms with van der Waals surface area (Å²) < 4.78 is 2.01. The van der Waals surface area contributed by atoms with E-state index in [9.17, 15) is 9.59 Å². The summed E-state index contributed by atoms with van der Waals surface area (Å²) in [6.45, 7) is 3.80. The largest absolute Gasteiger partial charge is 0.352 e. The standard InChI is InChI=1S/C26H30N4O2/c1-2-3-5-20-8-10-24(11-9-20)30-18-23(15-25(30)31)26(32)28-16-21-6-4-7-22(14-21)17-29-13-12-27-19-29/h4,6-14,19,23H,2-3,5,15-18H2,1H3,(H,28,32). The Hall–Kier alpha value is -3.41. The molecule has 166 valence electrons. The third-order valence-corrected chi connectivity index (χ3v) is 5.95. The Morgan fingerprint density at radius 3 is 2.69 bits per heavy atom. The van der Waals surface area contributed by atoms with Gasteiger partial charge in [-0.1, -0.05) is 49.7 Å². The lowest BCUT2D eigenvalue weighted by molar-refractivity contribution is -0.126. The first-order chi connectivity index (χ1) is 15.6. The second-order valence-electron chi connectivity index (χ2n) is 8.45. The number of carbonyl (C=O) groups excluding carboxylic acids is 2. The summed E-state index contributed by atoms with van der Waals surface area (Å²) in [4.78, 5) is 31.1. The van der Waals surface area contributed by atoms with Crippen LogP contribution < -0.4 is 10.2 Å². The lowest BCUT2D eigenvalue weighted by Crippen LogP contribution is -2.32. The van der Waals surface area contributed by atoms with E-state index in [0.717, 1.165) is 42.6 Å². The van der Waals surface area contributed by atoms with Crippen molar-refractivity contribution in [1.29, 1.82) is 0 Å². The van der Waals surface area contributed by atoms with E-state index in [4.69, 9.17) is 0 Å². The smallest absolute Gasteiger partial charge is 0.227 e. The van der Waals surface area contributed by atoms with Crippen molar-refractivity contribution in [3.63, 3.8) is 0 Å². The van der Waals surface area contributed by atoms with E-state index >= 15 is 0 Å². The number of anilines is 1. The molecule has 32 heavy (non-hydrogen) atoms. The van der Waals surface area contributed by atoms with E-state index in [0.29, 0.717) is 13.1 Å². The maximum absolute atomic E-state index is 12.8. The van der Waals surface area contributed by atoms with Crippen molar-refractivity contribution in [2.24, 2.45) is 5.92 Å². The average Bonchev–Trinajstić information content (AvgIpc) is 3.46. The first-order valence-corrected chi connectivity index (χ1v) is 11.3. The number of aromatic nitrogens is 2. The highest BCUT2D eigenvalue weighted by atomic mass is 16.2. The molecule has 0 saturated carbocycles. The minimum absolute atomic E-state index is 0.00814. The van der Waals surface area contributed by atoms with Gasteiger partial charge in [0, 0.05) is 44.1 Å². The highest BCUT2D eigenvalue weighted by molar-refractivity contribution is 6.00. The molecule has 0 radical (unpaired) electrons. The van der Waals surface area contributed by atoms with Gasteiger partial charge in [-0.2, -0.15) is 0 Å². The van der Waals surface area contributed by atoms with Gasteiger partial charge in [0.25, 0.3) is 0 Å². The molecule has 1 fully saturated rings. The molecule has 1 atom stereocenters. The van der Waals surface area contributed by atoms with Crippen LogP contribution in [0.15, 0.2) is 67.3 Å². The number of imidazole rings is 1. The van der Waals surface area contributed by atoms with Gasteiger partial charge in [0.1, 0.15) is 0 Å². The normalized spacial score (nSPS) is 15.8. The minimum atomic E-state index is -0.323. The van der Waals surface area contributed by atoms with Gasteiger partial charge in [0.2, 0.25) is 11.8 Å². The topological polar surface area (TPSA) is 67.2 Å². The zero-order valence-electron chi connectivity index (χ0n) is 18.5. The molecule has 0 spiro atoms. The molecule has 1 aromatic heterocycles. The van der Waals surface area contributed by atoms with Crippen molar-refractivity contribution in [2.45, 2.75) is 45.7 Å². The molecule has 1 aliphatic rings. The average molecular weight is 431 g/mol. The van der Waals surface area contributed by atoms with Gasteiger partial charge >= 0.3 is 0 Å². The van der Waals surface area contributed by atoms with E-state index in [1.165, 1.54) is 5.56 Å². The number of amides is 2. The van der Waals surface area contributed by atoms with Gasteiger partial charge in [-0.3, -0.25) is 9.59 Å². The predicted octanol–water partition coefficient (Wildman–Crippen LogP) is 3.94. The molecule has 0 bridgehead atoms. The molecule has 1 saturated heterocycles. The summed E-state index contributed by atoms with van der Waals surface area (Å²) >= 11 is 0. The molecule has 1 N–H and O–H groups in total. The number of nitrogens with zero attached hydrogens (tertiary/aromatic N) is 3. The van der Waals surface area contributed by atoms with Crippen molar-refractivity contribution in [1.82, 2.24) is 14.9 Å². The van der Waals surface area contributed by atoms with Gasteiger partial charge in [-0.05, 0) is 41.7 Å². The lowest BCUT2D eigenvalue weighted by Gasteiger charge is -2.17. The SMILES string of the molecule is CCCCc1ccc(N2CC(C(=O)NCc3cccc(Cn4ccnc4)c3)CC2=O)cc1. The molecule has 3 aromatic rings. The molecule has 1 unspecified atom stereocenters. The van der Waals surface area contributed by atoms with Crippen LogP contribution in [0.4, 0.5) is 5.69 Å². The van der Waals surface area contributed by atoms with E-state index in [1.807, 2.05) is 35.0 Å². The van der Waals surface area contributed by atoms with Crippen LogP contribution in [0, 0.1) is 5.92 Å².